The van der Waals surface area contributed by atoms with Crippen molar-refractivity contribution in [1.82, 2.24) is 9.29 Å². The molecule has 4 nitrogen and oxygen atoms in total. The Hall–Kier alpha value is -2.54. The first-order valence-corrected chi connectivity index (χ1v) is 12.4. The molecule has 1 aliphatic heterocycles. The Balaban J connectivity index is 1.63. The molecule has 0 bridgehead atoms. The Labute approximate surface area is 190 Å². The molecular formula is C25H21BrN2O2S. The Bertz CT molecular complexity index is 1370. The van der Waals surface area contributed by atoms with E-state index in [-0.39, 0.29) is 6.04 Å². The van der Waals surface area contributed by atoms with E-state index >= 15 is 0 Å². The number of aromatic nitrogens is 1. The van der Waals surface area contributed by atoms with Crippen molar-refractivity contribution in [3.8, 4) is 0 Å². The molecule has 0 radical (unpaired) electrons. The maximum atomic E-state index is 13.7. The number of rotatable bonds is 4. The van der Waals surface area contributed by atoms with Crippen LogP contribution in [0, 0.1) is 6.92 Å². The molecule has 0 fully saturated rings. The summed E-state index contributed by atoms with van der Waals surface area (Å²) < 4.78 is 29.9. The predicted molar refractivity (Wildman–Crippen MR) is 126 cm³/mol. The van der Waals surface area contributed by atoms with Crippen molar-refractivity contribution in [1.29, 1.82) is 0 Å². The fraction of sp³-hybridized carbons (Fsp3) is 0.160. The Kier molecular flexibility index (Phi) is 5.16. The molecule has 0 aliphatic carbocycles. The molecule has 1 aliphatic rings. The van der Waals surface area contributed by atoms with E-state index in [4.69, 9.17) is 4.98 Å². The van der Waals surface area contributed by atoms with Crippen molar-refractivity contribution < 1.29 is 8.42 Å². The van der Waals surface area contributed by atoms with Gasteiger partial charge in [0.05, 0.1) is 22.1 Å². The van der Waals surface area contributed by atoms with Crippen molar-refractivity contribution >= 4 is 36.9 Å². The quantitative estimate of drug-likeness (QED) is 0.362. The molecule has 0 N–H and O–H groups in total. The molecule has 0 amide bonds. The highest BCUT2D eigenvalue weighted by Crippen LogP contribution is 2.40. The van der Waals surface area contributed by atoms with Crippen LogP contribution in [0.25, 0.3) is 10.9 Å². The van der Waals surface area contributed by atoms with E-state index in [1.165, 1.54) is 0 Å². The molecule has 1 atom stereocenters. The van der Waals surface area contributed by atoms with Crippen LogP contribution in [-0.2, 0) is 23.0 Å². The number of pyridine rings is 1. The minimum absolute atomic E-state index is 0.316. The summed E-state index contributed by atoms with van der Waals surface area (Å²) in [4.78, 5) is 5.24. The van der Waals surface area contributed by atoms with Crippen LogP contribution in [0.15, 0.2) is 88.2 Å². The first kappa shape index (κ1) is 20.4. The van der Waals surface area contributed by atoms with Gasteiger partial charge < -0.3 is 0 Å². The molecule has 5 rings (SSSR count). The van der Waals surface area contributed by atoms with Gasteiger partial charge in [0, 0.05) is 16.4 Å². The highest BCUT2D eigenvalue weighted by molar-refractivity contribution is 9.10. The van der Waals surface area contributed by atoms with Gasteiger partial charge in [-0.1, -0.05) is 64.0 Å². The lowest BCUT2D eigenvalue weighted by molar-refractivity contribution is 0.345. The molecule has 0 saturated heterocycles. The summed E-state index contributed by atoms with van der Waals surface area (Å²) in [5.74, 6) is 0. The van der Waals surface area contributed by atoms with Crippen molar-refractivity contribution in [3.63, 3.8) is 0 Å². The second-order valence-electron chi connectivity index (χ2n) is 7.94. The van der Waals surface area contributed by atoms with Crippen LogP contribution in [0.3, 0.4) is 0 Å². The SMILES string of the molecule is Cc1ccc(S(=O)(=O)N2Cc3cc4cc(Br)ccc4nc3C2Cc2ccccc2)cc1. The van der Waals surface area contributed by atoms with Gasteiger partial charge in [-0.3, -0.25) is 4.98 Å². The van der Waals surface area contributed by atoms with Gasteiger partial charge in [0.25, 0.3) is 0 Å². The monoisotopic (exact) mass is 492 g/mol. The van der Waals surface area contributed by atoms with E-state index in [2.05, 4.69) is 22.0 Å². The zero-order chi connectivity index (χ0) is 21.6. The number of fused-ring (bicyclic) bond motifs is 2. The van der Waals surface area contributed by atoms with Crippen molar-refractivity contribution in [2.24, 2.45) is 0 Å². The van der Waals surface area contributed by atoms with Gasteiger partial charge in [0.2, 0.25) is 10.0 Å². The van der Waals surface area contributed by atoms with E-state index in [9.17, 15) is 8.42 Å². The van der Waals surface area contributed by atoms with Gasteiger partial charge in [0.15, 0.2) is 0 Å². The van der Waals surface area contributed by atoms with Crippen LogP contribution in [0.5, 0.6) is 0 Å². The molecule has 6 heteroatoms. The number of nitrogens with zero attached hydrogens (tertiary/aromatic N) is 2. The second-order valence-corrected chi connectivity index (χ2v) is 10.7. The second kappa shape index (κ2) is 7.86. The topological polar surface area (TPSA) is 50.3 Å². The third-order valence-corrected chi connectivity index (χ3v) is 8.14. The molecule has 31 heavy (non-hydrogen) atoms. The van der Waals surface area contributed by atoms with Crippen LogP contribution in [-0.4, -0.2) is 17.7 Å². The molecule has 4 aromatic rings. The lowest BCUT2D eigenvalue weighted by atomic mass is 10.0. The van der Waals surface area contributed by atoms with Crippen LogP contribution >= 0.6 is 15.9 Å². The van der Waals surface area contributed by atoms with Crippen molar-refractivity contribution in [3.05, 3.63) is 106 Å². The molecular weight excluding hydrogens is 472 g/mol. The average Bonchev–Trinajstić information content (AvgIpc) is 3.11. The van der Waals surface area contributed by atoms with E-state index in [1.54, 1.807) is 16.4 Å². The highest BCUT2D eigenvalue weighted by atomic mass is 79.9. The minimum Gasteiger partial charge on any atom is -0.251 e. The molecule has 1 aromatic heterocycles. The number of sulfonamides is 1. The summed E-state index contributed by atoms with van der Waals surface area (Å²) in [7, 11) is -3.68. The van der Waals surface area contributed by atoms with Gasteiger partial charge in [0.1, 0.15) is 0 Å². The molecule has 1 unspecified atom stereocenters. The normalized spacial score (nSPS) is 16.5. The first-order chi connectivity index (χ1) is 14.9. The van der Waals surface area contributed by atoms with Gasteiger partial charge in [-0.05, 0) is 60.9 Å². The molecule has 0 saturated carbocycles. The third-order valence-electron chi connectivity index (χ3n) is 5.78. The fourth-order valence-corrected chi connectivity index (χ4v) is 6.12. The number of halogens is 1. The van der Waals surface area contributed by atoms with Gasteiger partial charge >= 0.3 is 0 Å². The summed E-state index contributed by atoms with van der Waals surface area (Å²) >= 11 is 3.52. The average molecular weight is 493 g/mol. The lowest BCUT2D eigenvalue weighted by Crippen LogP contribution is -2.31. The Morgan fingerprint density at radius 3 is 2.48 bits per heavy atom. The van der Waals surface area contributed by atoms with E-state index < -0.39 is 10.0 Å². The fourth-order valence-electron chi connectivity index (χ4n) is 4.17. The van der Waals surface area contributed by atoms with Crippen LogP contribution < -0.4 is 0 Å². The molecule has 0 spiro atoms. The van der Waals surface area contributed by atoms with Gasteiger partial charge in [-0.25, -0.2) is 8.42 Å². The Morgan fingerprint density at radius 1 is 1.00 bits per heavy atom. The maximum absolute atomic E-state index is 13.7. The van der Waals surface area contributed by atoms with E-state index in [0.717, 1.165) is 37.8 Å². The van der Waals surface area contributed by atoms with Gasteiger partial charge in [-0.2, -0.15) is 4.31 Å². The van der Waals surface area contributed by atoms with Crippen LogP contribution in [0.2, 0.25) is 0 Å². The first-order valence-electron chi connectivity index (χ1n) is 10.1. The molecule has 3 aromatic carbocycles. The zero-order valence-electron chi connectivity index (χ0n) is 17.0. The summed E-state index contributed by atoms with van der Waals surface area (Å²) in [5, 5.41) is 1.00. The van der Waals surface area contributed by atoms with Gasteiger partial charge in [-0.15, -0.1) is 0 Å². The minimum atomic E-state index is -3.68. The number of hydrogen-bond donors (Lipinski definition) is 0. The number of benzene rings is 3. The highest BCUT2D eigenvalue weighted by Gasteiger charge is 2.40. The van der Waals surface area contributed by atoms with Crippen LogP contribution in [0.4, 0.5) is 0 Å². The number of aryl methyl sites for hydroxylation is 1. The van der Waals surface area contributed by atoms with Crippen LogP contribution in [0.1, 0.15) is 28.4 Å². The Morgan fingerprint density at radius 2 is 1.74 bits per heavy atom. The van der Waals surface area contributed by atoms with Crippen molar-refractivity contribution in [2.75, 3.05) is 0 Å². The zero-order valence-corrected chi connectivity index (χ0v) is 19.4. The smallest absolute Gasteiger partial charge is 0.244 e. The summed E-state index contributed by atoms with van der Waals surface area (Å²) in [5.41, 5.74) is 4.79. The molecule has 156 valence electrons. The largest absolute Gasteiger partial charge is 0.251 e. The predicted octanol–water partition coefficient (Wildman–Crippen LogP) is 5.79. The summed E-state index contributed by atoms with van der Waals surface area (Å²) in [6.07, 6.45) is 0.577. The molecule has 2 heterocycles. The van der Waals surface area contributed by atoms with Crippen molar-refractivity contribution in [2.45, 2.75) is 30.8 Å². The summed E-state index contributed by atoms with van der Waals surface area (Å²) in [6.45, 7) is 2.27. The third kappa shape index (κ3) is 3.80. The summed E-state index contributed by atoms with van der Waals surface area (Å²) in [6, 6.07) is 24.7. The standard InChI is InChI=1S/C25H21BrN2O2S/c1-17-7-10-22(11-8-17)31(29,30)28-16-20-14-19-15-21(26)9-12-23(19)27-25(20)24(28)13-18-5-3-2-4-6-18/h2-12,14-15,24H,13,16H2,1H3. The lowest BCUT2D eigenvalue weighted by Gasteiger charge is -2.24. The number of hydrogen-bond acceptors (Lipinski definition) is 3. The van der Waals surface area contributed by atoms with E-state index in [0.29, 0.717) is 17.9 Å². The maximum Gasteiger partial charge on any atom is 0.244 e. The van der Waals surface area contributed by atoms with E-state index in [1.807, 2.05) is 67.6 Å².